The summed E-state index contributed by atoms with van der Waals surface area (Å²) < 4.78 is 0. The van der Waals surface area contributed by atoms with E-state index < -0.39 is 0 Å². The van der Waals surface area contributed by atoms with Gasteiger partial charge in [-0.2, -0.15) is 4.98 Å². The molecule has 1 saturated heterocycles. The Kier molecular flexibility index (Phi) is 3.43. The lowest BCUT2D eigenvalue weighted by Gasteiger charge is -2.29. The first-order valence-corrected chi connectivity index (χ1v) is 6.40. The summed E-state index contributed by atoms with van der Waals surface area (Å²) in [6, 6.07) is 2.51. The van der Waals surface area contributed by atoms with Crippen molar-refractivity contribution in [2.75, 3.05) is 37.4 Å². The average molecular weight is 249 g/mol. The molecule has 18 heavy (non-hydrogen) atoms. The van der Waals surface area contributed by atoms with Crippen LogP contribution in [-0.2, 0) is 5.41 Å². The first kappa shape index (κ1) is 13.1. The normalized spacial score (nSPS) is 16.3. The SMILES string of the molecule is CN(C)c1cc(C(C)(C)C)nc(NC2CNC2)n1. The van der Waals surface area contributed by atoms with Crippen LogP contribution in [0.1, 0.15) is 26.5 Å². The first-order valence-electron chi connectivity index (χ1n) is 6.40. The van der Waals surface area contributed by atoms with Gasteiger partial charge in [-0.25, -0.2) is 4.98 Å². The highest BCUT2D eigenvalue weighted by Crippen LogP contribution is 2.24. The zero-order valence-corrected chi connectivity index (χ0v) is 11.9. The fraction of sp³-hybridized carbons (Fsp3) is 0.692. The monoisotopic (exact) mass is 249 g/mol. The highest BCUT2D eigenvalue weighted by Gasteiger charge is 2.21. The molecule has 0 unspecified atom stereocenters. The molecule has 0 amide bonds. The Balaban J connectivity index is 2.29. The Morgan fingerprint density at radius 2 is 1.94 bits per heavy atom. The van der Waals surface area contributed by atoms with Gasteiger partial charge in [-0.3, -0.25) is 0 Å². The van der Waals surface area contributed by atoms with Crippen LogP contribution >= 0.6 is 0 Å². The Morgan fingerprint density at radius 1 is 1.28 bits per heavy atom. The minimum Gasteiger partial charge on any atom is -0.363 e. The van der Waals surface area contributed by atoms with Crippen molar-refractivity contribution < 1.29 is 0 Å². The summed E-state index contributed by atoms with van der Waals surface area (Å²) in [5.41, 5.74) is 1.10. The van der Waals surface area contributed by atoms with E-state index in [1.807, 2.05) is 19.0 Å². The van der Waals surface area contributed by atoms with E-state index >= 15 is 0 Å². The molecule has 2 N–H and O–H groups in total. The maximum Gasteiger partial charge on any atom is 0.225 e. The number of rotatable bonds is 3. The molecule has 1 aromatic rings. The number of nitrogens with one attached hydrogen (secondary N) is 2. The zero-order chi connectivity index (χ0) is 13.3. The number of aromatic nitrogens is 2. The Morgan fingerprint density at radius 3 is 2.39 bits per heavy atom. The van der Waals surface area contributed by atoms with Crippen molar-refractivity contribution in [2.45, 2.75) is 32.2 Å². The van der Waals surface area contributed by atoms with Crippen LogP contribution in [0.5, 0.6) is 0 Å². The Labute approximate surface area is 109 Å². The van der Waals surface area contributed by atoms with Gasteiger partial charge in [-0.1, -0.05) is 20.8 Å². The van der Waals surface area contributed by atoms with Gasteiger partial charge in [0, 0.05) is 38.7 Å². The van der Waals surface area contributed by atoms with Gasteiger partial charge in [0.1, 0.15) is 5.82 Å². The second-order valence-corrected chi connectivity index (χ2v) is 6.08. The first-order chi connectivity index (χ1) is 8.36. The fourth-order valence-corrected chi connectivity index (χ4v) is 1.69. The molecule has 1 aliphatic rings. The van der Waals surface area contributed by atoms with E-state index in [1.165, 1.54) is 0 Å². The number of nitrogens with zero attached hydrogens (tertiary/aromatic N) is 3. The van der Waals surface area contributed by atoms with Crippen LogP contribution < -0.4 is 15.5 Å². The standard InChI is InChI=1S/C13H23N5/c1-13(2,3)10-6-11(18(4)5)17-12(16-10)15-9-7-14-8-9/h6,9,14H,7-8H2,1-5H3,(H,15,16,17). The molecule has 0 radical (unpaired) electrons. The smallest absolute Gasteiger partial charge is 0.225 e. The third kappa shape index (κ3) is 2.90. The lowest BCUT2D eigenvalue weighted by atomic mass is 9.92. The second kappa shape index (κ2) is 4.72. The van der Waals surface area contributed by atoms with Gasteiger partial charge in [-0.05, 0) is 0 Å². The lowest BCUT2D eigenvalue weighted by molar-refractivity contribution is 0.468. The van der Waals surface area contributed by atoms with E-state index in [-0.39, 0.29) is 5.41 Å². The third-order valence-corrected chi connectivity index (χ3v) is 3.05. The molecule has 0 saturated carbocycles. The molecule has 1 fully saturated rings. The van der Waals surface area contributed by atoms with E-state index in [4.69, 9.17) is 0 Å². The molecule has 2 rings (SSSR count). The van der Waals surface area contributed by atoms with Crippen LogP contribution in [0, 0.1) is 0 Å². The van der Waals surface area contributed by atoms with Crippen molar-refractivity contribution in [2.24, 2.45) is 0 Å². The molecule has 5 nitrogen and oxygen atoms in total. The minimum absolute atomic E-state index is 0.0298. The maximum atomic E-state index is 4.63. The van der Waals surface area contributed by atoms with Gasteiger partial charge < -0.3 is 15.5 Å². The fourth-order valence-electron chi connectivity index (χ4n) is 1.69. The van der Waals surface area contributed by atoms with E-state index in [0.29, 0.717) is 6.04 Å². The lowest BCUT2D eigenvalue weighted by Crippen LogP contribution is -2.51. The molecule has 5 heteroatoms. The summed E-state index contributed by atoms with van der Waals surface area (Å²) in [4.78, 5) is 11.2. The summed E-state index contributed by atoms with van der Waals surface area (Å²) in [6.45, 7) is 8.48. The topological polar surface area (TPSA) is 53.1 Å². The van der Waals surface area contributed by atoms with Crippen molar-refractivity contribution in [3.8, 4) is 0 Å². The highest BCUT2D eigenvalue weighted by molar-refractivity contribution is 5.45. The summed E-state index contributed by atoms with van der Waals surface area (Å²) in [5, 5.41) is 6.61. The largest absolute Gasteiger partial charge is 0.363 e. The number of hydrogen-bond acceptors (Lipinski definition) is 5. The van der Waals surface area contributed by atoms with Crippen LogP contribution in [0.15, 0.2) is 6.07 Å². The van der Waals surface area contributed by atoms with Crippen LogP contribution in [-0.4, -0.2) is 43.2 Å². The van der Waals surface area contributed by atoms with Crippen molar-refractivity contribution in [3.63, 3.8) is 0 Å². The van der Waals surface area contributed by atoms with Gasteiger partial charge in [0.25, 0.3) is 0 Å². The van der Waals surface area contributed by atoms with Gasteiger partial charge in [-0.15, -0.1) is 0 Å². The van der Waals surface area contributed by atoms with Crippen molar-refractivity contribution >= 4 is 11.8 Å². The van der Waals surface area contributed by atoms with E-state index in [1.54, 1.807) is 0 Å². The highest BCUT2D eigenvalue weighted by atomic mass is 15.2. The van der Waals surface area contributed by atoms with Gasteiger partial charge in [0.2, 0.25) is 5.95 Å². The van der Waals surface area contributed by atoms with Gasteiger partial charge in [0.15, 0.2) is 0 Å². The van der Waals surface area contributed by atoms with Crippen LogP contribution in [0.4, 0.5) is 11.8 Å². The van der Waals surface area contributed by atoms with Crippen LogP contribution in [0.2, 0.25) is 0 Å². The molecule has 1 aromatic heterocycles. The minimum atomic E-state index is 0.0298. The molecule has 0 aromatic carbocycles. The average Bonchev–Trinajstić information content (AvgIpc) is 2.22. The van der Waals surface area contributed by atoms with E-state index in [2.05, 4.69) is 47.4 Å². The predicted molar refractivity (Wildman–Crippen MR) is 75.3 cm³/mol. The molecule has 0 atom stereocenters. The Bertz CT molecular complexity index is 418. The van der Waals surface area contributed by atoms with Gasteiger partial charge >= 0.3 is 0 Å². The number of anilines is 2. The van der Waals surface area contributed by atoms with Crippen molar-refractivity contribution in [3.05, 3.63) is 11.8 Å². The van der Waals surface area contributed by atoms with Crippen LogP contribution in [0.3, 0.4) is 0 Å². The summed E-state index contributed by atoms with van der Waals surface area (Å²) in [5.74, 6) is 1.68. The van der Waals surface area contributed by atoms with E-state index in [9.17, 15) is 0 Å². The second-order valence-electron chi connectivity index (χ2n) is 6.08. The maximum absolute atomic E-state index is 4.63. The summed E-state index contributed by atoms with van der Waals surface area (Å²) >= 11 is 0. The molecular weight excluding hydrogens is 226 g/mol. The van der Waals surface area contributed by atoms with Crippen molar-refractivity contribution in [1.82, 2.24) is 15.3 Å². The number of hydrogen-bond donors (Lipinski definition) is 2. The quantitative estimate of drug-likeness (QED) is 0.843. The Hall–Kier alpha value is -1.36. The molecule has 100 valence electrons. The molecular formula is C13H23N5. The summed E-state index contributed by atoms with van der Waals surface area (Å²) in [7, 11) is 4.01. The van der Waals surface area contributed by atoms with Crippen LogP contribution in [0.25, 0.3) is 0 Å². The molecule has 1 aliphatic heterocycles. The molecule has 2 heterocycles. The predicted octanol–water partition coefficient (Wildman–Crippen LogP) is 1.22. The van der Waals surface area contributed by atoms with E-state index in [0.717, 1.165) is 30.5 Å². The van der Waals surface area contributed by atoms with Crippen molar-refractivity contribution in [1.29, 1.82) is 0 Å². The summed E-state index contributed by atoms with van der Waals surface area (Å²) in [6.07, 6.45) is 0. The molecule has 0 spiro atoms. The molecule has 0 bridgehead atoms. The molecule has 0 aliphatic carbocycles. The van der Waals surface area contributed by atoms with Gasteiger partial charge in [0.05, 0.1) is 11.7 Å². The zero-order valence-electron chi connectivity index (χ0n) is 11.9. The third-order valence-electron chi connectivity index (χ3n) is 3.05.